The Morgan fingerprint density at radius 1 is 1.69 bits per heavy atom. The number of aryl methyl sites for hydroxylation is 1. The molecule has 0 fully saturated rings. The largest absolute Gasteiger partial charge is 0.391 e. The standard InChI is InChI=1S/C9H14N2O2/c1-3-8(12)5-11-6-10-7(2)4-9(11)13/h4,6,8,12H,3,5H2,1-2H3. The number of aromatic nitrogens is 2. The van der Waals surface area contributed by atoms with Crippen LogP contribution >= 0.6 is 0 Å². The maximum atomic E-state index is 11.3. The minimum atomic E-state index is -0.470. The Kier molecular flexibility index (Phi) is 3.19. The molecular formula is C9H14N2O2. The van der Waals surface area contributed by atoms with E-state index in [9.17, 15) is 9.90 Å². The summed E-state index contributed by atoms with van der Waals surface area (Å²) < 4.78 is 1.42. The zero-order valence-corrected chi connectivity index (χ0v) is 7.90. The zero-order valence-electron chi connectivity index (χ0n) is 7.90. The molecule has 1 rings (SSSR count). The summed E-state index contributed by atoms with van der Waals surface area (Å²) in [6, 6.07) is 1.46. The highest BCUT2D eigenvalue weighted by atomic mass is 16.3. The van der Waals surface area contributed by atoms with E-state index in [1.54, 1.807) is 6.92 Å². The molecule has 0 aliphatic heterocycles. The molecule has 0 saturated heterocycles. The lowest BCUT2D eigenvalue weighted by Crippen LogP contribution is -2.26. The summed E-state index contributed by atoms with van der Waals surface area (Å²) in [6.07, 6.45) is 1.64. The lowest BCUT2D eigenvalue weighted by molar-refractivity contribution is 0.148. The van der Waals surface area contributed by atoms with Crippen LogP contribution in [0, 0.1) is 6.92 Å². The van der Waals surface area contributed by atoms with Gasteiger partial charge in [0.2, 0.25) is 0 Å². The monoisotopic (exact) mass is 182 g/mol. The molecular weight excluding hydrogens is 168 g/mol. The maximum Gasteiger partial charge on any atom is 0.253 e. The molecule has 13 heavy (non-hydrogen) atoms. The molecule has 0 radical (unpaired) electrons. The summed E-state index contributed by atoms with van der Waals surface area (Å²) in [6.45, 7) is 3.96. The molecule has 0 spiro atoms. The van der Waals surface area contributed by atoms with Crippen LogP contribution in [-0.2, 0) is 6.54 Å². The van der Waals surface area contributed by atoms with Crippen molar-refractivity contribution < 1.29 is 5.11 Å². The van der Waals surface area contributed by atoms with Gasteiger partial charge in [0.05, 0.1) is 19.0 Å². The third-order valence-electron chi connectivity index (χ3n) is 1.89. The van der Waals surface area contributed by atoms with Crippen molar-refractivity contribution in [3.63, 3.8) is 0 Å². The van der Waals surface area contributed by atoms with E-state index in [1.165, 1.54) is 17.0 Å². The van der Waals surface area contributed by atoms with Crippen LogP contribution in [0.15, 0.2) is 17.2 Å². The average Bonchev–Trinajstić information content (AvgIpc) is 2.09. The van der Waals surface area contributed by atoms with Gasteiger partial charge in [-0.05, 0) is 13.3 Å². The second kappa shape index (κ2) is 4.18. The quantitative estimate of drug-likeness (QED) is 0.732. The van der Waals surface area contributed by atoms with E-state index < -0.39 is 6.10 Å². The first-order valence-electron chi connectivity index (χ1n) is 4.34. The molecule has 1 aromatic heterocycles. The Balaban J connectivity index is 2.84. The van der Waals surface area contributed by atoms with Crippen LogP contribution in [0.25, 0.3) is 0 Å². The Hall–Kier alpha value is -1.16. The van der Waals surface area contributed by atoms with E-state index in [2.05, 4.69) is 4.98 Å². The van der Waals surface area contributed by atoms with Gasteiger partial charge in [-0.15, -0.1) is 0 Å². The Morgan fingerprint density at radius 2 is 2.38 bits per heavy atom. The van der Waals surface area contributed by atoms with Gasteiger partial charge in [0, 0.05) is 11.8 Å². The molecule has 1 atom stereocenters. The third-order valence-corrected chi connectivity index (χ3v) is 1.89. The molecule has 0 amide bonds. The van der Waals surface area contributed by atoms with E-state index in [1.807, 2.05) is 6.92 Å². The van der Waals surface area contributed by atoms with Gasteiger partial charge in [-0.1, -0.05) is 6.92 Å². The van der Waals surface area contributed by atoms with Crippen molar-refractivity contribution in [3.8, 4) is 0 Å². The second-order valence-electron chi connectivity index (χ2n) is 3.08. The smallest absolute Gasteiger partial charge is 0.253 e. The van der Waals surface area contributed by atoms with Crippen LogP contribution in [0.2, 0.25) is 0 Å². The van der Waals surface area contributed by atoms with Crippen LogP contribution in [-0.4, -0.2) is 20.8 Å². The summed E-state index contributed by atoms with van der Waals surface area (Å²) in [5.74, 6) is 0. The van der Waals surface area contributed by atoms with Gasteiger partial charge < -0.3 is 5.11 Å². The molecule has 1 unspecified atom stereocenters. The molecule has 1 N–H and O–H groups in total. The van der Waals surface area contributed by atoms with Gasteiger partial charge >= 0.3 is 0 Å². The first-order valence-corrected chi connectivity index (χ1v) is 4.34. The van der Waals surface area contributed by atoms with Gasteiger partial charge in [0.25, 0.3) is 5.56 Å². The van der Waals surface area contributed by atoms with E-state index in [4.69, 9.17) is 0 Å². The predicted octanol–water partition coefficient (Wildman–Crippen LogP) is 0.323. The number of aliphatic hydroxyl groups is 1. The maximum absolute atomic E-state index is 11.3. The topological polar surface area (TPSA) is 55.1 Å². The molecule has 0 aliphatic carbocycles. The van der Waals surface area contributed by atoms with Crippen molar-refractivity contribution in [2.75, 3.05) is 0 Å². The predicted molar refractivity (Wildman–Crippen MR) is 49.5 cm³/mol. The van der Waals surface area contributed by atoms with E-state index in [0.29, 0.717) is 18.7 Å². The Morgan fingerprint density at radius 3 is 2.92 bits per heavy atom. The highest BCUT2D eigenvalue weighted by molar-refractivity contribution is 4.96. The van der Waals surface area contributed by atoms with Gasteiger partial charge in [0.1, 0.15) is 0 Å². The summed E-state index contributed by atoms with van der Waals surface area (Å²) >= 11 is 0. The molecule has 1 heterocycles. The molecule has 72 valence electrons. The van der Waals surface area contributed by atoms with Gasteiger partial charge in [-0.2, -0.15) is 0 Å². The van der Waals surface area contributed by atoms with Gasteiger partial charge in [-0.25, -0.2) is 4.98 Å². The molecule has 0 bridgehead atoms. The van der Waals surface area contributed by atoms with Crippen LogP contribution in [0.4, 0.5) is 0 Å². The lowest BCUT2D eigenvalue weighted by atomic mass is 10.3. The van der Waals surface area contributed by atoms with Crippen molar-refractivity contribution in [2.45, 2.75) is 32.9 Å². The summed E-state index contributed by atoms with van der Waals surface area (Å²) in [5.41, 5.74) is 0.590. The minimum absolute atomic E-state index is 0.111. The van der Waals surface area contributed by atoms with Crippen LogP contribution in [0.5, 0.6) is 0 Å². The normalized spacial score (nSPS) is 12.8. The van der Waals surface area contributed by atoms with E-state index in [-0.39, 0.29) is 5.56 Å². The number of aliphatic hydroxyl groups excluding tert-OH is 1. The minimum Gasteiger partial charge on any atom is -0.391 e. The fourth-order valence-electron chi connectivity index (χ4n) is 1.01. The van der Waals surface area contributed by atoms with Crippen molar-refractivity contribution in [2.24, 2.45) is 0 Å². The summed E-state index contributed by atoms with van der Waals surface area (Å²) in [5, 5.41) is 9.32. The number of hydrogen-bond donors (Lipinski definition) is 1. The summed E-state index contributed by atoms with van der Waals surface area (Å²) in [7, 11) is 0. The SMILES string of the molecule is CCC(O)Cn1cnc(C)cc1=O. The van der Waals surface area contributed by atoms with E-state index >= 15 is 0 Å². The molecule has 0 saturated carbocycles. The van der Waals surface area contributed by atoms with Crippen molar-refractivity contribution in [3.05, 3.63) is 28.4 Å². The van der Waals surface area contributed by atoms with Crippen LogP contribution in [0.3, 0.4) is 0 Å². The fourth-order valence-corrected chi connectivity index (χ4v) is 1.01. The fraction of sp³-hybridized carbons (Fsp3) is 0.556. The van der Waals surface area contributed by atoms with Crippen LogP contribution in [0.1, 0.15) is 19.0 Å². The third kappa shape index (κ3) is 2.66. The highest BCUT2D eigenvalue weighted by Gasteiger charge is 2.03. The number of hydrogen-bond acceptors (Lipinski definition) is 3. The summed E-state index contributed by atoms with van der Waals surface area (Å²) in [4.78, 5) is 15.3. The second-order valence-corrected chi connectivity index (χ2v) is 3.08. The molecule has 0 aromatic carbocycles. The molecule has 0 aliphatic rings. The Bertz CT molecular complexity index is 333. The van der Waals surface area contributed by atoms with Gasteiger partial charge in [0.15, 0.2) is 0 Å². The highest BCUT2D eigenvalue weighted by Crippen LogP contribution is 1.93. The van der Waals surface area contributed by atoms with Crippen LogP contribution < -0.4 is 5.56 Å². The molecule has 4 heteroatoms. The zero-order chi connectivity index (χ0) is 9.84. The van der Waals surface area contributed by atoms with Crippen molar-refractivity contribution >= 4 is 0 Å². The van der Waals surface area contributed by atoms with E-state index in [0.717, 1.165) is 0 Å². The number of nitrogens with zero attached hydrogens (tertiary/aromatic N) is 2. The first kappa shape index (κ1) is 9.92. The first-order chi connectivity index (χ1) is 6.13. The van der Waals surface area contributed by atoms with Gasteiger partial charge in [-0.3, -0.25) is 9.36 Å². The van der Waals surface area contributed by atoms with Crippen molar-refractivity contribution in [1.29, 1.82) is 0 Å². The molecule has 4 nitrogen and oxygen atoms in total. The number of rotatable bonds is 3. The van der Waals surface area contributed by atoms with Crippen molar-refractivity contribution in [1.82, 2.24) is 9.55 Å². The average molecular weight is 182 g/mol. The Labute approximate surface area is 76.9 Å². The lowest BCUT2D eigenvalue weighted by Gasteiger charge is -2.09. The molecule has 1 aromatic rings.